The van der Waals surface area contributed by atoms with Gasteiger partial charge < -0.3 is 15.6 Å². The summed E-state index contributed by atoms with van der Waals surface area (Å²) < 4.78 is 38.9. The second-order valence-corrected chi connectivity index (χ2v) is 6.92. The second-order valence-electron chi connectivity index (χ2n) is 6.13. The predicted molar refractivity (Wildman–Crippen MR) is 104 cm³/mol. The second kappa shape index (κ2) is 9.12. The maximum Gasteiger partial charge on any atom is 0.416 e. The minimum absolute atomic E-state index is 0.0406. The smallest absolute Gasteiger partial charge is 0.325 e. The largest absolute Gasteiger partial charge is 0.416 e. The van der Waals surface area contributed by atoms with E-state index in [-0.39, 0.29) is 29.8 Å². The van der Waals surface area contributed by atoms with E-state index < -0.39 is 23.6 Å². The van der Waals surface area contributed by atoms with Crippen LogP contribution < -0.4 is 16.2 Å². The van der Waals surface area contributed by atoms with Gasteiger partial charge in [-0.3, -0.25) is 14.4 Å². The van der Waals surface area contributed by atoms with Crippen molar-refractivity contribution in [3.63, 3.8) is 0 Å². The number of nitrogens with zero attached hydrogens (tertiary/aromatic N) is 1. The van der Waals surface area contributed by atoms with Crippen LogP contribution in [0.4, 0.5) is 24.5 Å². The van der Waals surface area contributed by atoms with Crippen LogP contribution in [-0.4, -0.2) is 28.0 Å². The van der Waals surface area contributed by atoms with Gasteiger partial charge in [-0.1, -0.05) is 11.8 Å². The van der Waals surface area contributed by atoms with Gasteiger partial charge in [-0.2, -0.15) is 13.2 Å². The number of hydrogen-bond acceptors (Lipinski definition) is 5. The number of rotatable bonds is 6. The van der Waals surface area contributed by atoms with Crippen molar-refractivity contribution in [1.82, 2.24) is 9.97 Å². The highest BCUT2D eigenvalue weighted by molar-refractivity contribution is 7.98. The molecule has 1 aromatic heterocycles. The molecule has 0 spiro atoms. The number of carbonyl (C=O) groups is 2. The van der Waals surface area contributed by atoms with Crippen LogP contribution in [0.15, 0.2) is 28.2 Å². The fourth-order valence-corrected chi connectivity index (χ4v) is 2.97. The average molecular weight is 428 g/mol. The lowest BCUT2D eigenvalue weighted by molar-refractivity contribution is -0.137. The van der Waals surface area contributed by atoms with Crippen molar-refractivity contribution in [2.24, 2.45) is 0 Å². The third-order valence-electron chi connectivity index (χ3n) is 3.93. The third kappa shape index (κ3) is 6.08. The lowest BCUT2D eigenvalue weighted by Gasteiger charge is -2.15. The molecule has 7 nitrogen and oxygen atoms in total. The molecule has 1 aromatic carbocycles. The van der Waals surface area contributed by atoms with Crippen molar-refractivity contribution in [1.29, 1.82) is 0 Å². The van der Waals surface area contributed by atoms with Gasteiger partial charge in [0.05, 0.1) is 16.9 Å². The van der Waals surface area contributed by atoms with Gasteiger partial charge in [-0.05, 0) is 37.8 Å². The molecule has 11 heteroatoms. The van der Waals surface area contributed by atoms with E-state index in [4.69, 9.17) is 0 Å². The van der Waals surface area contributed by atoms with Crippen molar-refractivity contribution < 1.29 is 22.8 Å². The Bertz CT molecular complexity index is 989. The first-order chi connectivity index (χ1) is 13.5. The summed E-state index contributed by atoms with van der Waals surface area (Å²) >= 11 is 1.27. The number of alkyl halides is 3. The zero-order chi connectivity index (χ0) is 21.8. The van der Waals surface area contributed by atoms with Gasteiger partial charge in [0.25, 0.3) is 5.56 Å². The number of amides is 2. The Balaban J connectivity index is 2.19. The fourth-order valence-electron chi connectivity index (χ4n) is 2.55. The van der Waals surface area contributed by atoms with E-state index >= 15 is 0 Å². The molecular weight excluding hydrogens is 409 g/mol. The highest BCUT2D eigenvalue weighted by Gasteiger charge is 2.31. The standard InChI is InChI=1S/C18H19F3N4O3S/c1-9-12(16(28)25-17(22-9)29-3)5-7-15(27)24-14-8-11(18(19,20)21)4-6-13(14)23-10(2)26/h4,6,8H,5,7H2,1-3H3,(H,23,26)(H,24,27)(H,22,25,28). The highest BCUT2D eigenvalue weighted by atomic mass is 32.2. The topological polar surface area (TPSA) is 104 Å². The molecule has 0 aliphatic rings. The van der Waals surface area contributed by atoms with Gasteiger partial charge >= 0.3 is 6.18 Å². The first kappa shape index (κ1) is 22.5. The van der Waals surface area contributed by atoms with Crippen molar-refractivity contribution in [3.8, 4) is 0 Å². The molecule has 2 aromatic rings. The Morgan fingerprint density at radius 2 is 1.90 bits per heavy atom. The maximum atomic E-state index is 13.0. The summed E-state index contributed by atoms with van der Waals surface area (Å²) in [6.07, 6.45) is -2.95. The average Bonchev–Trinajstić information content (AvgIpc) is 2.60. The van der Waals surface area contributed by atoms with Crippen molar-refractivity contribution in [2.45, 2.75) is 38.0 Å². The lowest BCUT2D eigenvalue weighted by atomic mass is 10.1. The zero-order valence-corrected chi connectivity index (χ0v) is 16.7. The van der Waals surface area contributed by atoms with Crippen LogP contribution in [0.3, 0.4) is 0 Å². The molecule has 0 aliphatic heterocycles. The number of halogens is 3. The van der Waals surface area contributed by atoms with Gasteiger partial charge in [-0.25, -0.2) is 4.98 Å². The number of aromatic nitrogens is 2. The molecule has 0 saturated carbocycles. The number of anilines is 2. The number of carbonyl (C=O) groups excluding carboxylic acids is 2. The van der Waals surface area contributed by atoms with Gasteiger partial charge in [0.2, 0.25) is 11.8 Å². The summed E-state index contributed by atoms with van der Waals surface area (Å²) in [5.41, 5.74) is -0.674. The Morgan fingerprint density at radius 1 is 1.21 bits per heavy atom. The molecule has 0 fully saturated rings. The van der Waals surface area contributed by atoms with Gasteiger partial charge in [0.15, 0.2) is 5.16 Å². The molecule has 0 radical (unpaired) electrons. The normalized spacial score (nSPS) is 11.2. The summed E-state index contributed by atoms with van der Waals surface area (Å²) in [6.45, 7) is 2.84. The number of hydrogen-bond donors (Lipinski definition) is 3. The Kier molecular flexibility index (Phi) is 7.07. The quantitative estimate of drug-likeness (QED) is 0.484. The first-order valence-corrected chi connectivity index (χ1v) is 9.66. The molecule has 0 saturated heterocycles. The van der Waals surface area contributed by atoms with Gasteiger partial charge in [0, 0.05) is 24.6 Å². The van der Waals surface area contributed by atoms with E-state index in [9.17, 15) is 27.6 Å². The summed E-state index contributed by atoms with van der Waals surface area (Å²) in [6, 6.07) is 2.62. The molecule has 0 unspecified atom stereocenters. The number of aryl methyl sites for hydroxylation is 1. The van der Waals surface area contributed by atoms with E-state index in [1.54, 1.807) is 13.2 Å². The van der Waals surface area contributed by atoms with Crippen LogP contribution in [0, 0.1) is 6.92 Å². The summed E-state index contributed by atoms with van der Waals surface area (Å²) in [5.74, 6) is -1.11. The Morgan fingerprint density at radius 3 is 2.45 bits per heavy atom. The Labute approximate surface area is 168 Å². The van der Waals surface area contributed by atoms with Crippen LogP contribution in [0.5, 0.6) is 0 Å². The molecule has 2 rings (SSSR count). The van der Waals surface area contributed by atoms with Crippen LogP contribution >= 0.6 is 11.8 Å². The van der Waals surface area contributed by atoms with Crippen LogP contribution in [0.1, 0.15) is 30.2 Å². The minimum Gasteiger partial charge on any atom is -0.325 e. The van der Waals surface area contributed by atoms with E-state index in [0.29, 0.717) is 16.4 Å². The van der Waals surface area contributed by atoms with Gasteiger partial charge in [0.1, 0.15) is 0 Å². The van der Waals surface area contributed by atoms with E-state index in [1.807, 2.05) is 0 Å². The van der Waals surface area contributed by atoms with Gasteiger partial charge in [-0.15, -0.1) is 0 Å². The molecule has 3 N–H and O–H groups in total. The molecule has 2 amide bonds. The van der Waals surface area contributed by atoms with Crippen molar-refractivity contribution in [2.75, 3.05) is 16.9 Å². The lowest BCUT2D eigenvalue weighted by Crippen LogP contribution is -2.21. The summed E-state index contributed by atoms with van der Waals surface area (Å²) in [5, 5.41) is 5.19. The molecule has 29 heavy (non-hydrogen) atoms. The van der Waals surface area contributed by atoms with E-state index in [0.717, 1.165) is 18.2 Å². The number of aromatic amines is 1. The third-order valence-corrected chi connectivity index (χ3v) is 4.51. The van der Waals surface area contributed by atoms with Crippen LogP contribution in [0.2, 0.25) is 0 Å². The van der Waals surface area contributed by atoms with E-state index in [1.165, 1.54) is 18.7 Å². The molecule has 0 bridgehead atoms. The molecule has 0 atom stereocenters. The van der Waals surface area contributed by atoms with E-state index in [2.05, 4.69) is 20.6 Å². The minimum atomic E-state index is -4.61. The number of thioether (sulfide) groups is 1. The molecule has 156 valence electrons. The van der Waals surface area contributed by atoms with Crippen LogP contribution in [-0.2, 0) is 22.2 Å². The predicted octanol–water partition coefficient (Wildman–Crippen LogP) is 3.35. The summed E-state index contributed by atoms with van der Waals surface area (Å²) in [4.78, 5) is 42.5. The molecule has 0 aliphatic carbocycles. The summed E-state index contributed by atoms with van der Waals surface area (Å²) in [7, 11) is 0. The first-order valence-electron chi connectivity index (χ1n) is 8.43. The fraction of sp³-hybridized carbons (Fsp3) is 0.333. The Hall–Kier alpha value is -2.82. The maximum absolute atomic E-state index is 13.0. The highest BCUT2D eigenvalue weighted by Crippen LogP contribution is 2.34. The number of H-pyrrole nitrogens is 1. The number of nitrogens with one attached hydrogen (secondary N) is 3. The van der Waals surface area contributed by atoms with Crippen LogP contribution in [0.25, 0.3) is 0 Å². The molecule has 1 heterocycles. The SMILES string of the molecule is CSc1nc(C)c(CCC(=O)Nc2cc(C(F)(F)F)ccc2NC(C)=O)c(=O)[nH]1. The van der Waals surface area contributed by atoms with Crippen molar-refractivity contribution in [3.05, 3.63) is 45.4 Å². The molecular formula is C18H19F3N4O3S. The zero-order valence-electron chi connectivity index (χ0n) is 15.9. The number of benzene rings is 1. The monoisotopic (exact) mass is 428 g/mol. The van der Waals surface area contributed by atoms with Crippen molar-refractivity contribution >= 4 is 35.0 Å².